The van der Waals surface area contributed by atoms with Crippen LogP contribution in [0, 0.1) is 0 Å². The van der Waals surface area contributed by atoms with Crippen molar-refractivity contribution in [1.29, 1.82) is 0 Å². The molecular formula is C16H17F2N. The molecule has 1 nitrogen and oxygen atoms in total. The SMILES string of the molecule is FC(F)CNCC(c1ccccc1)c1ccccc1. The minimum absolute atomic E-state index is 0.0983. The largest absolute Gasteiger partial charge is 0.310 e. The molecule has 0 saturated carbocycles. The third-order valence-electron chi connectivity index (χ3n) is 3.05. The zero-order valence-corrected chi connectivity index (χ0v) is 10.6. The average molecular weight is 261 g/mol. The maximum Gasteiger partial charge on any atom is 0.250 e. The summed E-state index contributed by atoms with van der Waals surface area (Å²) in [5.41, 5.74) is 2.27. The van der Waals surface area contributed by atoms with Crippen molar-refractivity contribution in [2.24, 2.45) is 0 Å². The summed E-state index contributed by atoms with van der Waals surface area (Å²) in [4.78, 5) is 0. The molecule has 0 aromatic heterocycles. The van der Waals surface area contributed by atoms with Gasteiger partial charge in [0.1, 0.15) is 0 Å². The van der Waals surface area contributed by atoms with Crippen LogP contribution in [0.4, 0.5) is 8.78 Å². The van der Waals surface area contributed by atoms with Crippen molar-refractivity contribution in [1.82, 2.24) is 5.32 Å². The molecule has 0 aliphatic heterocycles. The molecule has 0 atom stereocenters. The molecule has 0 amide bonds. The number of alkyl halides is 2. The van der Waals surface area contributed by atoms with Crippen LogP contribution in [0.15, 0.2) is 60.7 Å². The fraction of sp³-hybridized carbons (Fsp3) is 0.250. The second-order valence-corrected chi connectivity index (χ2v) is 4.42. The van der Waals surface area contributed by atoms with Gasteiger partial charge in [-0.2, -0.15) is 0 Å². The van der Waals surface area contributed by atoms with Crippen molar-refractivity contribution in [3.05, 3.63) is 71.8 Å². The van der Waals surface area contributed by atoms with Gasteiger partial charge in [-0.1, -0.05) is 60.7 Å². The minimum Gasteiger partial charge on any atom is -0.310 e. The van der Waals surface area contributed by atoms with Crippen LogP contribution in [0.1, 0.15) is 17.0 Å². The topological polar surface area (TPSA) is 12.0 Å². The highest BCUT2D eigenvalue weighted by Crippen LogP contribution is 2.23. The third-order valence-corrected chi connectivity index (χ3v) is 3.05. The summed E-state index contributed by atoms with van der Waals surface area (Å²) >= 11 is 0. The zero-order valence-electron chi connectivity index (χ0n) is 10.6. The molecule has 100 valence electrons. The van der Waals surface area contributed by atoms with Crippen LogP contribution in [0.5, 0.6) is 0 Å². The first-order valence-electron chi connectivity index (χ1n) is 6.36. The van der Waals surface area contributed by atoms with Crippen LogP contribution in [0.25, 0.3) is 0 Å². The van der Waals surface area contributed by atoms with Crippen molar-refractivity contribution < 1.29 is 8.78 Å². The summed E-state index contributed by atoms with van der Waals surface area (Å²) in [6, 6.07) is 19.9. The summed E-state index contributed by atoms with van der Waals surface area (Å²) in [7, 11) is 0. The molecule has 0 fully saturated rings. The second-order valence-electron chi connectivity index (χ2n) is 4.42. The Morgan fingerprint density at radius 2 is 1.21 bits per heavy atom. The normalized spacial score (nSPS) is 11.2. The van der Waals surface area contributed by atoms with Crippen LogP contribution in [-0.2, 0) is 0 Å². The van der Waals surface area contributed by atoms with E-state index in [1.54, 1.807) is 0 Å². The monoisotopic (exact) mass is 261 g/mol. The Hall–Kier alpha value is -1.74. The lowest BCUT2D eigenvalue weighted by atomic mass is 9.91. The zero-order chi connectivity index (χ0) is 13.5. The Kier molecular flexibility index (Phi) is 5.04. The van der Waals surface area contributed by atoms with E-state index >= 15 is 0 Å². The van der Waals surface area contributed by atoms with Crippen molar-refractivity contribution >= 4 is 0 Å². The van der Waals surface area contributed by atoms with Crippen molar-refractivity contribution in [2.45, 2.75) is 12.3 Å². The van der Waals surface area contributed by atoms with E-state index < -0.39 is 6.43 Å². The van der Waals surface area contributed by atoms with E-state index in [4.69, 9.17) is 0 Å². The maximum atomic E-state index is 12.2. The maximum absolute atomic E-state index is 12.2. The first kappa shape index (κ1) is 13.7. The van der Waals surface area contributed by atoms with E-state index in [1.807, 2.05) is 60.7 Å². The lowest BCUT2D eigenvalue weighted by Gasteiger charge is -2.18. The van der Waals surface area contributed by atoms with Gasteiger partial charge in [-0.3, -0.25) is 0 Å². The first-order chi connectivity index (χ1) is 9.27. The first-order valence-corrected chi connectivity index (χ1v) is 6.36. The van der Waals surface area contributed by atoms with Gasteiger partial charge in [-0.15, -0.1) is 0 Å². The second kappa shape index (κ2) is 7.00. The Labute approximate surface area is 112 Å². The number of benzene rings is 2. The molecular weight excluding hydrogens is 244 g/mol. The summed E-state index contributed by atoms with van der Waals surface area (Å²) < 4.78 is 24.5. The molecule has 0 heterocycles. The average Bonchev–Trinajstić information content (AvgIpc) is 2.45. The van der Waals surface area contributed by atoms with Gasteiger partial charge in [0.2, 0.25) is 0 Å². The van der Waals surface area contributed by atoms with Crippen LogP contribution < -0.4 is 5.32 Å². The summed E-state index contributed by atoms with van der Waals surface area (Å²) in [6.07, 6.45) is -2.31. The molecule has 19 heavy (non-hydrogen) atoms. The molecule has 0 aliphatic rings. The van der Waals surface area contributed by atoms with Gasteiger partial charge < -0.3 is 5.32 Å². The molecule has 0 bridgehead atoms. The van der Waals surface area contributed by atoms with E-state index in [9.17, 15) is 8.78 Å². The van der Waals surface area contributed by atoms with Gasteiger partial charge in [0, 0.05) is 12.5 Å². The van der Waals surface area contributed by atoms with Crippen molar-refractivity contribution in [3.8, 4) is 0 Å². The van der Waals surface area contributed by atoms with E-state index in [-0.39, 0.29) is 12.5 Å². The van der Waals surface area contributed by atoms with E-state index in [1.165, 1.54) is 0 Å². The van der Waals surface area contributed by atoms with Gasteiger partial charge in [0.15, 0.2) is 0 Å². The Morgan fingerprint density at radius 3 is 1.63 bits per heavy atom. The molecule has 0 spiro atoms. The lowest BCUT2D eigenvalue weighted by molar-refractivity contribution is 0.146. The highest BCUT2D eigenvalue weighted by Gasteiger charge is 2.14. The molecule has 2 rings (SSSR count). The number of hydrogen-bond acceptors (Lipinski definition) is 1. The number of halogens is 2. The molecule has 2 aromatic rings. The van der Waals surface area contributed by atoms with Gasteiger partial charge in [-0.05, 0) is 11.1 Å². The molecule has 0 aliphatic carbocycles. The van der Waals surface area contributed by atoms with E-state index in [2.05, 4.69) is 5.32 Å². The smallest absolute Gasteiger partial charge is 0.250 e. The minimum atomic E-state index is -2.31. The quantitative estimate of drug-likeness (QED) is 0.836. The van der Waals surface area contributed by atoms with Crippen LogP contribution in [0.2, 0.25) is 0 Å². The van der Waals surface area contributed by atoms with Crippen LogP contribution in [-0.4, -0.2) is 19.5 Å². The van der Waals surface area contributed by atoms with Gasteiger partial charge in [-0.25, -0.2) is 8.78 Å². The third kappa shape index (κ3) is 4.14. The van der Waals surface area contributed by atoms with Gasteiger partial charge in [0.05, 0.1) is 6.54 Å². The standard InChI is InChI=1S/C16H17F2N/c17-16(18)12-19-11-15(13-7-3-1-4-8-13)14-9-5-2-6-10-14/h1-10,15-16,19H,11-12H2. The number of hydrogen-bond donors (Lipinski definition) is 1. The van der Waals surface area contributed by atoms with Crippen molar-refractivity contribution in [3.63, 3.8) is 0 Å². The predicted molar refractivity (Wildman–Crippen MR) is 73.6 cm³/mol. The van der Waals surface area contributed by atoms with Crippen LogP contribution in [0.3, 0.4) is 0 Å². The fourth-order valence-corrected chi connectivity index (χ4v) is 2.14. The Balaban J connectivity index is 2.14. The summed E-state index contributed by atoms with van der Waals surface area (Å²) in [5, 5.41) is 2.83. The van der Waals surface area contributed by atoms with Crippen LogP contribution >= 0.6 is 0 Å². The van der Waals surface area contributed by atoms with E-state index in [0.717, 1.165) is 11.1 Å². The predicted octanol–water partition coefficient (Wildman–Crippen LogP) is 3.67. The van der Waals surface area contributed by atoms with E-state index in [0.29, 0.717) is 6.54 Å². The van der Waals surface area contributed by atoms with Crippen molar-refractivity contribution in [2.75, 3.05) is 13.1 Å². The molecule has 3 heteroatoms. The molecule has 0 unspecified atom stereocenters. The Morgan fingerprint density at radius 1 is 0.737 bits per heavy atom. The lowest BCUT2D eigenvalue weighted by Crippen LogP contribution is -2.27. The van der Waals surface area contributed by atoms with Gasteiger partial charge >= 0.3 is 0 Å². The molecule has 2 aromatic carbocycles. The summed E-state index contributed by atoms with van der Waals surface area (Å²) in [6.45, 7) is 0.245. The highest BCUT2D eigenvalue weighted by atomic mass is 19.3. The summed E-state index contributed by atoms with van der Waals surface area (Å²) in [5.74, 6) is 0.0983. The number of rotatable bonds is 6. The molecule has 1 N–H and O–H groups in total. The number of nitrogens with one attached hydrogen (secondary N) is 1. The molecule has 0 saturated heterocycles. The Bertz CT molecular complexity index is 431. The molecule has 0 radical (unpaired) electrons. The van der Waals surface area contributed by atoms with Gasteiger partial charge in [0.25, 0.3) is 6.43 Å². The highest BCUT2D eigenvalue weighted by molar-refractivity contribution is 5.32. The fourth-order valence-electron chi connectivity index (χ4n) is 2.14.